The van der Waals surface area contributed by atoms with E-state index in [-0.39, 0.29) is 0 Å². The number of nitrogens with one attached hydrogen (secondary N) is 1. The SMILES string of the molecule is COP(=O)(O)O.c1ccc2c(c1)[nH]c1ccccc12. The zero-order valence-electron chi connectivity index (χ0n) is 10.3. The maximum Gasteiger partial charge on any atom is 0.469 e. The van der Waals surface area contributed by atoms with E-state index in [1.807, 2.05) is 0 Å². The van der Waals surface area contributed by atoms with Crippen molar-refractivity contribution in [2.75, 3.05) is 7.11 Å². The van der Waals surface area contributed by atoms with Gasteiger partial charge in [0.05, 0.1) is 0 Å². The van der Waals surface area contributed by atoms with E-state index in [1.165, 1.54) is 21.8 Å². The Morgan fingerprint density at radius 2 is 1.32 bits per heavy atom. The van der Waals surface area contributed by atoms with Crippen LogP contribution in [0.5, 0.6) is 0 Å². The summed E-state index contributed by atoms with van der Waals surface area (Å²) in [5.41, 5.74) is 2.42. The smallest absolute Gasteiger partial charge is 0.355 e. The number of benzene rings is 2. The second kappa shape index (κ2) is 5.55. The normalized spacial score (nSPS) is 11.3. The number of H-pyrrole nitrogens is 1. The van der Waals surface area contributed by atoms with Gasteiger partial charge in [-0.1, -0.05) is 36.4 Å². The number of hydrogen-bond donors (Lipinski definition) is 3. The molecule has 100 valence electrons. The van der Waals surface area contributed by atoms with Gasteiger partial charge in [-0.15, -0.1) is 0 Å². The fraction of sp³-hybridized carbons (Fsp3) is 0.0769. The van der Waals surface area contributed by atoms with Crippen molar-refractivity contribution in [2.45, 2.75) is 0 Å². The highest BCUT2D eigenvalue weighted by Gasteiger charge is 2.07. The first-order chi connectivity index (χ1) is 9.01. The van der Waals surface area contributed by atoms with Gasteiger partial charge in [-0.2, -0.15) is 0 Å². The largest absolute Gasteiger partial charge is 0.469 e. The van der Waals surface area contributed by atoms with Gasteiger partial charge in [-0.25, -0.2) is 4.57 Å². The summed E-state index contributed by atoms with van der Waals surface area (Å²) in [4.78, 5) is 18.8. The fourth-order valence-electron chi connectivity index (χ4n) is 1.80. The summed E-state index contributed by atoms with van der Waals surface area (Å²) in [7, 11) is -3.20. The number of phosphoric ester groups is 1. The van der Waals surface area contributed by atoms with Crippen molar-refractivity contribution >= 4 is 29.6 Å². The third-order valence-electron chi connectivity index (χ3n) is 2.65. The summed E-state index contributed by atoms with van der Waals surface area (Å²) >= 11 is 0. The van der Waals surface area contributed by atoms with Crippen LogP contribution in [0.4, 0.5) is 0 Å². The Morgan fingerprint density at radius 3 is 1.68 bits per heavy atom. The molecule has 1 heterocycles. The van der Waals surface area contributed by atoms with Crippen LogP contribution in [0.1, 0.15) is 0 Å². The number of aromatic amines is 1. The van der Waals surface area contributed by atoms with Gasteiger partial charge in [0.15, 0.2) is 0 Å². The molecule has 0 aliphatic rings. The molecule has 0 unspecified atom stereocenters. The van der Waals surface area contributed by atoms with Crippen LogP contribution < -0.4 is 0 Å². The molecule has 0 spiro atoms. The minimum Gasteiger partial charge on any atom is -0.355 e. The molecule has 3 aromatic rings. The Kier molecular flexibility index (Phi) is 4.02. The van der Waals surface area contributed by atoms with E-state index in [1.54, 1.807) is 0 Å². The van der Waals surface area contributed by atoms with E-state index in [0.29, 0.717) is 0 Å². The number of para-hydroxylation sites is 2. The average Bonchev–Trinajstić information content (AvgIpc) is 2.77. The molecule has 0 fully saturated rings. The quantitative estimate of drug-likeness (QED) is 0.598. The lowest BCUT2D eigenvalue weighted by molar-refractivity contribution is 0.235. The van der Waals surface area contributed by atoms with E-state index >= 15 is 0 Å². The van der Waals surface area contributed by atoms with Gasteiger partial charge in [0.1, 0.15) is 0 Å². The zero-order valence-corrected chi connectivity index (χ0v) is 11.2. The van der Waals surface area contributed by atoms with E-state index < -0.39 is 7.82 Å². The predicted molar refractivity (Wildman–Crippen MR) is 74.9 cm³/mol. The monoisotopic (exact) mass is 279 g/mol. The second-order valence-electron chi connectivity index (χ2n) is 3.89. The highest BCUT2D eigenvalue weighted by atomic mass is 31.2. The molecule has 6 heteroatoms. The number of aromatic nitrogens is 1. The lowest BCUT2D eigenvalue weighted by Crippen LogP contribution is -1.76. The first-order valence-electron chi connectivity index (χ1n) is 5.58. The summed E-state index contributed by atoms with van der Waals surface area (Å²) in [6.07, 6.45) is 0. The van der Waals surface area contributed by atoms with Gasteiger partial charge in [0.25, 0.3) is 0 Å². The summed E-state index contributed by atoms with van der Waals surface area (Å²) in [5.74, 6) is 0. The minimum atomic E-state index is -4.15. The first kappa shape index (κ1) is 13.8. The molecule has 1 aromatic heterocycles. The summed E-state index contributed by atoms with van der Waals surface area (Å²) < 4.78 is 13.1. The highest BCUT2D eigenvalue weighted by Crippen LogP contribution is 2.33. The van der Waals surface area contributed by atoms with E-state index in [2.05, 4.69) is 58.0 Å². The molecular weight excluding hydrogens is 265 g/mol. The minimum absolute atomic E-state index is 0.945. The van der Waals surface area contributed by atoms with Crippen LogP contribution >= 0.6 is 7.82 Å². The predicted octanol–water partition coefficient (Wildman–Crippen LogP) is 3.05. The van der Waals surface area contributed by atoms with Crippen molar-refractivity contribution in [3.05, 3.63) is 48.5 Å². The van der Waals surface area contributed by atoms with Gasteiger partial charge in [0.2, 0.25) is 0 Å². The lowest BCUT2D eigenvalue weighted by Gasteiger charge is -1.93. The molecule has 0 saturated heterocycles. The molecule has 0 amide bonds. The van der Waals surface area contributed by atoms with Crippen molar-refractivity contribution in [3.63, 3.8) is 0 Å². The Morgan fingerprint density at radius 1 is 0.947 bits per heavy atom. The van der Waals surface area contributed by atoms with Gasteiger partial charge in [-0.3, -0.25) is 4.52 Å². The third kappa shape index (κ3) is 3.43. The molecule has 5 nitrogen and oxygen atoms in total. The van der Waals surface area contributed by atoms with E-state index in [0.717, 1.165) is 7.11 Å². The number of hydrogen-bond acceptors (Lipinski definition) is 2. The molecular formula is C13H14NO4P. The summed E-state index contributed by atoms with van der Waals surface area (Å²) in [6.45, 7) is 0. The molecule has 0 aliphatic carbocycles. The number of fused-ring (bicyclic) bond motifs is 3. The van der Waals surface area contributed by atoms with Crippen molar-refractivity contribution in [1.82, 2.24) is 4.98 Å². The van der Waals surface area contributed by atoms with Crippen molar-refractivity contribution in [1.29, 1.82) is 0 Å². The summed E-state index contributed by atoms with van der Waals surface area (Å²) in [6, 6.07) is 16.8. The van der Waals surface area contributed by atoms with Crippen LogP contribution in [0.2, 0.25) is 0 Å². The average molecular weight is 279 g/mol. The van der Waals surface area contributed by atoms with E-state index in [9.17, 15) is 4.57 Å². The van der Waals surface area contributed by atoms with Crippen LogP contribution in [0.15, 0.2) is 48.5 Å². The van der Waals surface area contributed by atoms with Crippen LogP contribution in [0, 0.1) is 0 Å². The Bertz CT molecular complexity index is 681. The standard InChI is InChI=1S/C12H9N.CH5O4P/c1-3-7-11-9(5-1)10-6-2-4-8-12(10)13-11;1-5-6(2,3)4/h1-8,13H;1H3,(H2,2,3,4). The molecule has 3 N–H and O–H groups in total. The number of rotatable bonds is 1. The number of phosphoric acid groups is 1. The zero-order chi connectivity index (χ0) is 13.9. The van der Waals surface area contributed by atoms with Gasteiger partial charge < -0.3 is 14.8 Å². The van der Waals surface area contributed by atoms with Crippen molar-refractivity contribution < 1.29 is 18.9 Å². The van der Waals surface area contributed by atoms with Crippen molar-refractivity contribution in [3.8, 4) is 0 Å². The fourth-order valence-corrected chi connectivity index (χ4v) is 1.80. The molecule has 0 radical (unpaired) electrons. The lowest BCUT2D eigenvalue weighted by atomic mass is 10.2. The molecule has 0 aliphatic heterocycles. The van der Waals surface area contributed by atoms with Crippen LogP contribution in [0.3, 0.4) is 0 Å². The topological polar surface area (TPSA) is 82.6 Å². The van der Waals surface area contributed by atoms with Crippen LogP contribution in [-0.4, -0.2) is 21.9 Å². The first-order valence-corrected chi connectivity index (χ1v) is 7.11. The molecule has 19 heavy (non-hydrogen) atoms. The Hall–Kier alpha value is -1.65. The van der Waals surface area contributed by atoms with Gasteiger partial charge in [-0.05, 0) is 12.1 Å². The molecule has 0 saturated carbocycles. The third-order valence-corrected chi connectivity index (χ3v) is 3.13. The highest BCUT2D eigenvalue weighted by molar-refractivity contribution is 7.46. The Balaban J connectivity index is 0.000000192. The second-order valence-corrected chi connectivity index (χ2v) is 5.24. The molecule has 2 aromatic carbocycles. The maximum atomic E-state index is 9.47. The van der Waals surface area contributed by atoms with Crippen LogP contribution in [0.25, 0.3) is 21.8 Å². The summed E-state index contributed by atoms with van der Waals surface area (Å²) in [5, 5.41) is 2.61. The molecule has 0 bridgehead atoms. The molecule has 3 rings (SSSR count). The van der Waals surface area contributed by atoms with Gasteiger partial charge in [0, 0.05) is 28.9 Å². The van der Waals surface area contributed by atoms with E-state index in [4.69, 9.17) is 9.79 Å². The van der Waals surface area contributed by atoms with Crippen LogP contribution in [-0.2, 0) is 9.09 Å². The molecule has 0 atom stereocenters. The maximum absolute atomic E-state index is 9.47. The van der Waals surface area contributed by atoms with Crippen molar-refractivity contribution in [2.24, 2.45) is 0 Å². The Labute approximate surface area is 110 Å². The van der Waals surface area contributed by atoms with Gasteiger partial charge >= 0.3 is 7.82 Å².